The van der Waals surface area contributed by atoms with Crippen molar-refractivity contribution in [3.63, 3.8) is 0 Å². The lowest BCUT2D eigenvalue weighted by Gasteiger charge is -2.41. The molecular formula is C12H20BNO2. The fourth-order valence-electron chi connectivity index (χ4n) is 2.06. The quantitative estimate of drug-likeness (QED) is 0.687. The first kappa shape index (κ1) is 11.7. The van der Waals surface area contributed by atoms with E-state index in [-0.39, 0.29) is 17.9 Å². The molecule has 1 aliphatic carbocycles. The molecule has 0 unspecified atom stereocenters. The lowest BCUT2D eigenvalue weighted by Crippen LogP contribution is -2.37. The molecule has 1 fully saturated rings. The summed E-state index contributed by atoms with van der Waals surface area (Å²) in [5, 5.41) is 0. The van der Waals surface area contributed by atoms with Gasteiger partial charge in [0.05, 0.1) is 13.2 Å². The van der Waals surface area contributed by atoms with Crippen molar-refractivity contribution in [2.45, 2.75) is 27.7 Å². The van der Waals surface area contributed by atoms with Gasteiger partial charge in [-0.3, -0.25) is 0 Å². The summed E-state index contributed by atoms with van der Waals surface area (Å²) in [6.45, 7) is 10.1. The third-order valence-electron chi connectivity index (χ3n) is 3.90. The van der Waals surface area contributed by atoms with E-state index in [4.69, 9.17) is 15.0 Å². The lowest BCUT2D eigenvalue weighted by molar-refractivity contribution is 0.225. The molecule has 4 heteroatoms. The van der Waals surface area contributed by atoms with Gasteiger partial charge in [-0.1, -0.05) is 39.8 Å². The number of nitrogens with two attached hydrogens (primary N) is 1. The number of rotatable bonds is 1. The van der Waals surface area contributed by atoms with Crippen molar-refractivity contribution >= 4 is 7.12 Å². The fraction of sp³-hybridized carbons (Fsp3) is 0.667. The van der Waals surface area contributed by atoms with Crippen LogP contribution in [0.25, 0.3) is 0 Å². The summed E-state index contributed by atoms with van der Waals surface area (Å²) in [7, 11) is -0.272. The van der Waals surface area contributed by atoms with Crippen molar-refractivity contribution in [2.75, 3.05) is 13.2 Å². The Kier molecular flexibility index (Phi) is 2.67. The third-order valence-corrected chi connectivity index (χ3v) is 3.90. The van der Waals surface area contributed by atoms with Crippen LogP contribution < -0.4 is 5.73 Å². The maximum atomic E-state index is 6.09. The predicted molar refractivity (Wildman–Crippen MR) is 65.6 cm³/mol. The Morgan fingerprint density at radius 2 is 1.56 bits per heavy atom. The minimum atomic E-state index is -0.272. The normalized spacial score (nSPS) is 27.6. The number of allylic oxidation sites excluding steroid dienone is 3. The minimum absolute atomic E-state index is 0.0547. The molecule has 88 valence electrons. The first-order valence-electron chi connectivity index (χ1n) is 5.78. The molecule has 2 rings (SSSR count). The van der Waals surface area contributed by atoms with Gasteiger partial charge in [0.1, 0.15) is 0 Å². The topological polar surface area (TPSA) is 44.5 Å². The zero-order valence-corrected chi connectivity index (χ0v) is 10.5. The summed E-state index contributed by atoms with van der Waals surface area (Å²) in [4.78, 5) is 0. The molecule has 0 bridgehead atoms. The Morgan fingerprint density at radius 1 is 1.06 bits per heavy atom. The van der Waals surface area contributed by atoms with E-state index in [0.717, 1.165) is 11.2 Å². The van der Waals surface area contributed by atoms with Gasteiger partial charge in [0, 0.05) is 11.2 Å². The largest absolute Gasteiger partial charge is 0.495 e. The predicted octanol–water partition coefficient (Wildman–Crippen LogP) is 1.90. The first-order valence-corrected chi connectivity index (χ1v) is 5.78. The molecule has 1 heterocycles. The monoisotopic (exact) mass is 221 g/mol. The Labute approximate surface area is 97.8 Å². The summed E-state index contributed by atoms with van der Waals surface area (Å²) in [5.74, 6) is 0. The average molecular weight is 221 g/mol. The van der Waals surface area contributed by atoms with Gasteiger partial charge in [0.2, 0.25) is 0 Å². The molecule has 16 heavy (non-hydrogen) atoms. The van der Waals surface area contributed by atoms with E-state index in [1.807, 2.05) is 0 Å². The Bertz CT molecular complexity index is 352. The highest BCUT2D eigenvalue weighted by molar-refractivity contribution is 6.55. The number of hydrogen-bond acceptors (Lipinski definition) is 3. The molecule has 0 atom stereocenters. The molecule has 0 radical (unpaired) electrons. The molecule has 0 aromatic carbocycles. The van der Waals surface area contributed by atoms with Crippen LogP contribution in [0.4, 0.5) is 0 Å². The standard InChI is InChI=1S/C12H20BNO2/c1-11(2)7-9(13-15-5-6-16-13)10(14)8-12(11,3)4/h7-8H,5-6,14H2,1-4H3. The van der Waals surface area contributed by atoms with E-state index >= 15 is 0 Å². The molecule has 0 spiro atoms. The summed E-state index contributed by atoms with van der Waals surface area (Å²) in [5.41, 5.74) is 7.98. The van der Waals surface area contributed by atoms with Gasteiger partial charge in [-0.15, -0.1) is 0 Å². The van der Waals surface area contributed by atoms with Crippen molar-refractivity contribution < 1.29 is 9.31 Å². The fourth-order valence-corrected chi connectivity index (χ4v) is 2.06. The van der Waals surface area contributed by atoms with Crippen LogP contribution >= 0.6 is 0 Å². The second kappa shape index (κ2) is 3.64. The molecule has 0 aromatic heterocycles. The zero-order chi connectivity index (χ0) is 12.0. The molecule has 2 N–H and O–H groups in total. The highest BCUT2D eigenvalue weighted by Crippen LogP contribution is 2.46. The zero-order valence-electron chi connectivity index (χ0n) is 10.5. The van der Waals surface area contributed by atoms with Gasteiger partial charge in [-0.25, -0.2) is 0 Å². The van der Waals surface area contributed by atoms with Crippen LogP contribution in [0.5, 0.6) is 0 Å². The van der Waals surface area contributed by atoms with E-state index in [1.165, 1.54) is 0 Å². The molecule has 0 aromatic rings. The summed E-state index contributed by atoms with van der Waals surface area (Å²) in [6, 6.07) is 0. The molecule has 1 aliphatic heterocycles. The van der Waals surface area contributed by atoms with E-state index in [9.17, 15) is 0 Å². The van der Waals surface area contributed by atoms with Crippen LogP contribution in [0, 0.1) is 10.8 Å². The lowest BCUT2D eigenvalue weighted by atomic mass is 9.59. The summed E-state index contributed by atoms with van der Waals surface area (Å²) < 4.78 is 11.0. The SMILES string of the molecule is CC1(C)C=C(N)C(B2OCCO2)=CC1(C)C. The highest BCUT2D eigenvalue weighted by atomic mass is 16.6. The van der Waals surface area contributed by atoms with Crippen molar-refractivity contribution in [2.24, 2.45) is 16.6 Å². The van der Waals surface area contributed by atoms with Gasteiger partial charge in [-0.05, 0) is 10.8 Å². The Balaban J connectivity index is 2.33. The van der Waals surface area contributed by atoms with Crippen LogP contribution in [-0.2, 0) is 9.31 Å². The second-order valence-corrected chi connectivity index (χ2v) is 5.72. The first-order chi connectivity index (χ1) is 7.33. The number of hydrogen-bond donors (Lipinski definition) is 1. The molecular weight excluding hydrogens is 201 g/mol. The third kappa shape index (κ3) is 1.80. The van der Waals surface area contributed by atoms with E-state index in [1.54, 1.807) is 0 Å². The molecule has 2 aliphatic rings. The minimum Gasteiger partial charge on any atom is -0.405 e. The Hall–Kier alpha value is -0.735. The summed E-state index contributed by atoms with van der Waals surface area (Å²) in [6.07, 6.45) is 4.31. The molecule has 0 amide bonds. The van der Waals surface area contributed by atoms with Gasteiger partial charge in [0.25, 0.3) is 0 Å². The van der Waals surface area contributed by atoms with Gasteiger partial charge in [0.15, 0.2) is 0 Å². The van der Waals surface area contributed by atoms with E-state index < -0.39 is 0 Å². The van der Waals surface area contributed by atoms with Crippen molar-refractivity contribution in [1.82, 2.24) is 0 Å². The van der Waals surface area contributed by atoms with E-state index in [0.29, 0.717) is 13.2 Å². The van der Waals surface area contributed by atoms with Gasteiger partial charge >= 0.3 is 7.12 Å². The van der Waals surface area contributed by atoms with Crippen LogP contribution in [0.2, 0.25) is 0 Å². The smallest absolute Gasteiger partial charge is 0.405 e. The molecule has 3 nitrogen and oxygen atoms in total. The van der Waals surface area contributed by atoms with Crippen molar-refractivity contribution in [3.05, 3.63) is 23.3 Å². The van der Waals surface area contributed by atoms with Crippen LogP contribution in [-0.4, -0.2) is 20.3 Å². The molecule has 0 saturated carbocycles. The maximum Gasteiger partial charge on any atom is 0.495 e. The average Bonchev–Trinajstić information content (AvgIpc) is 2.63. The van der Waals surface area contributed by atoms with Gasteiger partial charge < -0.3 is 15.0 Å². The Morgan fingerprint density at radius 3 is 2.12 bits per heavy atom. The second-order valence-electron chi connectivity index (χ2n) is 5.72. The molecule has 1 saturated heterocycles. The van der Waals surface area contributed by atoms with E-state index in [2.05, 4.69) is 39.8 Å². The van der Waals surface area contributed by atoms with Gasteiger partial charge in [-0.2, -0.15) is 0 Å². The van der Waals surface area contributed by atoms with Crippen molar-refractivity contribution in [3.8, 4) is 0 Å². The van der Waals surface area contributed by atoms with Crippen LogP contribution in [0.1, 0.15) is 27.7 Å². The summed E-state index contributed by atoms with van der Waals surface area (Å²) >= 11 is 0. The van der Waals surface area contributed by atoms with Crippen LogP contribution in [0.3, 0.4) is 0 Å². The van der Waals surface area contributed by atoms with Crippen molar-refractivity contribution in [1.29, 1.82) is 0 Å². The highest BCUT2D eigenvalue weighted by Gasteiger charge is 2.41. The van der Waals surface area contributed by atoms with Crippen LogP contribution in [0.15, 0.2) is 23.3 Å². The maximum absolute atomic E-state index is 6.09.